The minimum Gasteiger partial charge on any atom is -0.489 e. The quantitative estimate of drug-likeness (QED) is 0.878. The number of ether oxygens (including phenoxy) is 1. The van der Waals surface area contributed by atoms with Crippen molar-refractivity contribution in [1.82, 2.24) is 0 Å². The zero-order valence-electron chi connectivity index (χ0n) is 11.1. The summed E-state index contributed by atoms with van der Waals surface area (Å²) in [7, 11) is 0. The summed E-state index contributed by atoms with van der Waals surface area (Å²) in [6.07, 6.45) is -0.534. The first-order valence-electron chi connectivity index (χ1n) is 6.29. The lowest BCUT2D eigenvalue weighted by atomic mass is 10.1. The van der Waals surface area contributed by atoms with Crippen molar-refractivity contribution in [2.24, 2.45) is 0 Å². The SMILES string of the molecule is CC(O)c1cccc(OCc2ccc(C(=O)O)cc2)c1. The highest BCUT2D eigenvalue weighted by molar-refractivity contribution is 5.87. The van der Waals surface area contributed by atoms with Gasteiger partial charge < -0.3 is 14.9 Å². The number of carbonyl (C=O) groups is 1. The molecule has 4 nitrogen and oxygen atoms in total. The second-order valence-corrected chi connectivity index (χ2v) is 4.54. The van der Waals surface area contributed by atoms with Crippen molar-refractivity contribution in [2.45, 2.75) is 19.6 Å². The Hall–Kier alpha value is -2.33. The van der Waals surface area contributed by atoms with Crippen molar-refractivity contribution >= 4 is 5.97 Å². The molecule has 0 aliphatic carbocycles. The molecule has 0 aliphatic rings. The van der Waals surface area contributed by atoms with E-state index in [0.29, 0.717) is 12.4 Å². The zero-order valence-corrected chi connectivity index (χ0v) is 11.1. The van der Waals surface area contributed by atoms with Crippen LogP contribution in [0.2, 0.25) is 0 Å². The van der Waals surface area contributed by atoms with E-state index in [1.807, 2.05) is 18.2 Å². The summed E-state index contributed by atoms with van der Waals surface area (Å²) in [4.78, 5) is 10.7. The molecule has 0 saturated heterocycles. The van der Waals surface area contributed by atoms with E-state index in [0.717, 1.165) is 11.1 Å². The largest absolute Gasteiger partial charge is 0.489 e. The molecule has 0 amide bonds. The smallest absolute Gasteiger partial charge is 0.335 e. The molecule has 20 heavy (non-hydrogen) atoms. The molecule has 0 aliphatic heterocycles. The molecule has 2 aromatic rings. The minimum absolute atomic E-state index is 0.254. The summed E-state index contributed by atoms with van der Waals surface area (Å²) in [6.45, 7) is 2.05. The van der Waals surface area contributed by atoms with Crippen molar-refractivity contribution in [3.05, 3.63) is 65.2 Å². The second kappa shape index (κ2) is 6.21. The average molecular weight is 272 g/mol. The number of hydrogen-bond acceptors (Lipinski definition) is 3. The van der Waals surface area contributed by atoms with Crippen molar-refractivity contribution in [3.63, 3.8) is 0 Å². The Morgan fingerprint density at radius 2 is 1.90 bits per heavy atom. The van der Waals surface area contributed by atoms with Crippen molar-refractivity contribution in [1.29, 1.82) is 0 Å². The molecule has 1 atom stereocenters. The van der Waals surface area contributed by atoms with E-state index in [1.165, 1.54) is 0 Å². The number of rotatable bonds is 5. The van der Waals surface area contributed by atoms with E-state index >= 15 is 0 Å². The Kier molecular flexibility index (Phi) is 4.38. The van der Waals surface area contributed by atoms with Gasteiger partial charge >= 0.3 is 5.97 Å². The van der Waals surface area contributed by atoms with Crippen molar-refractivity contribution in [3.8, 4) is 5.75 Å². The molecule has 1 unspecified atom stereocenters. The van der Waals surface area contributed by atoms with Crippen LogP contribution in [0.15, 0.2) is 48.5 Å². The third-order valence-corrected chi connectivity index (χ3v) is 2.95. The molecule has 0 aromatic heterocycles. The highest BCUT2D eigenvalue weighted by atomic mass is 16.5. The lowest BCUT2D eigenvalue weighted by molar-refractivity contribution is 0.0697. The number of aromatic carboxylic acids is 1. The van der Waals surface area contributed by atoms with Gasteiger partial charge in [0.2, 0.25) is 0 Å². The standard InChI is InChI=1S/C16H16O4/c1-11(17)14-3-2-4-15(9-14)20-10-12-5-7-13(8-6-12)16(18)19/h2-9,11,17H,10H2,1H3,(H,18,19). The predicted molar refractivity (Wildman–Crippen MR) is 74.8 cm³/mol. The van der Waals surface area contributed by atoms with Gasteiger partial charge in [-0.05, 0) is 42.3 Å². The summed E-state index contributed by atoms with van der Waals surface area (Å²) < 4.78 is 5.62. The van der Waals surface area contributed by atoms with Crippen LogP contribution in [0.5, 0.6) is 5.75 Å². The van der Waals surface area contributed by atoms with Gasteiger partial charge in [0.05, 0.1) is 11.7 Å². The summed E-state index contributed by atoms with van der Waals surface area (Å²) in [5.41, 5.74) is 1.94. The molecule has 0 fully saturated rings. The molecule has 0 saturated carbocycles. The van der Waals surface area contributed by atoms with Gasteiger partial charge in [-0.3, -0.25) is 0 Å². The topological polar surface area (TPSA) is 66.8 Å². The van der Waals surface area contributed by atoms with Crippen molar-refractivity contribution < 1.29 is 19.7 Å². The molecule has 0 bridgehead atoms. The van der Waals surface area contributed by atoms with Gasteiger partial charge in [0.25, 0.3) is 0 Å². The van der Waals surface area contributed by atoms with Crippen LogP contribution in [0, 0.1) is 0 Å². The molecule has 2 aromatic carbocycles. The lowest BCUT2D eigenvalue weighted by Gasteiger charge is -2.09. The Balaban J connectivity index is 2.01. The fourth-order valence-electron chi connectivity index (χ4n) is 1.77. The minimum atomic E-state index is -0.942. The molecule has 2 rings (SSSR count). The first-order chi connectivity index (χ1) is 9.56. The first-order valence-corrected chi connectivity index (χ1v) is 6.29. The van der Waals surface area contributed by atoms with Gasteiger partial charge in [-0.2, -0.15) is 0 Å². The number of hydrogen-bond donors (Lipinski definition) is 2. The van der Waals surface area contributed by atoms with Crippen LogP contribution in [-0.4, -0.2) is 16.2 Å². The van der Waals surface area contributed by atoms with Gasteiger partial charge in [0.1, 0.15) is 12.4 Å². The molecule has 0 heterocycles. The van der Waals surface area contributed by atoms with Crippen LogP contribution in [0.3, 0.4) is 0 Å². The van der Waals surface area contributed by atoms with Crippen LogP contribution in [0.1, 0.15) is 34.5 Å². The van der Waals surface area contributed by atoms with Crippen LogP contribution in [0.25, 0.3) is 0 Å². The van der Waals surface area contributed by atoms with Crippen LogP contribution in [0.4, 0.5) is 0 Å². The van der Waals surface area contributed by atoms with E-state index in [-0.39, 0.29) is 5.56 Å². The van der Waals surface area contributed by atoms with E-state index in [9.17, 15) is 9.90 Å². The highest BCUT2D eigenvalue weighted by Gasteiger charge is 2.04. The number of carboxylic acid groups (broad SMARTS) is 1. The maximum atomic E-state index is 10.7. The fourth-order valence-corrected chi connectivity index (χ4v) is 1.77. The molecule has 0 spiro atoms. The Morgan fingerprint density at radius 3 is 2.50 bits per heavy atom. The molecule has 0 radical (unpaired) electrons. The third kappa shape index (κ3) is 3.59. The van der Waals surface area contributed by atoms with E-state index < -0.39 is 12.1 Å². The highest BCUT2D eigenvalue weighted by Crippen LogP contribution is 2.19. The predicted octanol–water partition coefficient (Wildman–Crippen LogP) is 3.02. The van der Waals surface area contributed by atoms with E-state index in [1.54, 1.807) is 37.3 Å². The fraction of sp³-hybridized carbons (Fsp3) is 0.188. The van der Waals surface area contributed by atoms with Crippen LogP contribution < -0.4 is 4.74 Å². The normalized spacial score (nSPS) is 11.9. The van der Waals surface area contributed by atoms with Crippen LogP contribution >= 0.6 is 0 Å². The number of aliphatic hydroxyl groups excluding tert-OH is 1. The average Bonchev–Trinajstić information content (AvgIpc) is 2.46. The summed E-state index contributed by atoms with van der Waals surface area (Å²) in [5.74, 6) is -0.271. The molecular formula is C16H16O4. The van der Waals surface area contributed by atoms with E-state index in [2.05, 4.69) is 0 Å². The number of aliphatic hydroxyl groups is 1. The van der Waals surface area contributed by atoms with Gasteiger partial charge in [-0.15, -0.1) is 0 Å². The Labute approximate surface area is 117 Å². The van der Waals surface area contributed by atoms with Gasteiger partial charge in [-0.25, -0.2) is 4.79 Å². The second-order valence-electron chi connectivity index (χ2n) is 4.54. The number of carboxylic acids is 1. The summed E-state index contributed by atoms with van der Waals surface area (Å²) in [5, 5.41) is 18.3. The maximum Gasteiger partial charge on any atom is 0.335 e. The zero-order chi connectivity index (χ0) is 14.5. The monoisotopic (exact) mass is 272 g/mol. The maximum absolute atomic E-state index is 10.7. The summed E-state index contributed by atoms with van der Waals surface area (Å²) in [6, 6.07) is 13.8. The first kappa shape index (κ1) is 14.1. The van der Waals surface area contributed by atoms with Gasteiger partial charge in [0, 0.05) is 0 Å². The van der Waals surface area contributed by atoms with E-state index in [4.69, 9.17) is 9.84 Å². The molecule has 4 heteroatoms. The van der Waals surface area contributed by atoms with Gasteiger partial charge in [-0.1, -0.05) is 24.3 Å². The molecule has 104 valence electrons. The molecule has 2 N–H and O–H groups in total. The number of benzene rings is 2. The molecular weight excluding hydrogens is 256 g/mol. The van der Waals surface area contributed by atoms with Crippen LogP contribution in [-0.2, 0) is 6.61 Å². The van der Waals surface area contributed by atoms with Gasteiger partial charge in [0.15, 0.2) is 0 Å². The Morgan fingerprint density at radius 1 is 1.20 bits per heavy atom. The van der Waals surface area contributed by atoms with Crippen molar-refractivity contribution in [2.75, 3.05) is 0 Å². The third-order valence-electron chi connectivity index (χ3n) is 2.95. The summed E-state index contributed by atoms with van der Waals surface area (Å²) >= 11 is 0. The lowest BCUT2D eigenvalue weighted by Crippen LogP contribution is -1.99. The Bertz CT molecular complexity index is 588.